The maximum atomic E-state index is 12.3. The van der Waals surface area contributed by atoms with Crippen LogP contribution in [0.3, 0.4) is 0 Å². The summed E-state index contributed by atoms with van der Waals surface area (Å²) < 4.78 is 0. The third kappa shape index (κ3) is 4.03. The molecule has 1 unspecified atom stereocenters. The van der Waals surface area contributed by atoms with E-state index >= 15 is 0 Å². The van der Waals surface area contributed by atoms with Crippen LogP contribution < -0.4 is 11.1 Å². The molecule has 1 atom stereocenters. The molecular formula is C13H17N3O2S. The number of nitrogens with zero attached hydrogens (tertiary/aromatic N) is 1. The van der Waals surface area contributed by atoms with Crippen LogP contribution in [0.15, 0.2) is 30.3 Å². The van der Waals surface area contributed by atoms with Gasteiger partial charge >= 0.3 is 0 Å². The van der Waals surface area contributed by atoms with Crippen LogP contribution in [0.5, 0.6) is 0 Å². The van der Waals surface area contributed by atoms with Gasteiger partial charge in [-0.3, -0.25) is 9.59 Å². The SMILES string of the molecule is CNC(=O)CN(C)C(=O)C(C(N)=S)c1ccccc1. The minimum absolute atomic E-state index is 0.0265. The Morgan fingerprint density at radius 2 is 1.95 bits per heavy atom. The van der Waals surface area contributed by atoms with Gasteiger partial charge < -0.3 is 16.0 Å². The van der Waals surface area contributed by atoms with Crippen molar-refractivity contribution in [3.63, 3.8) is 0 Å². The van der Waals surface area contributed by atoms with Gasteiger partial charge in [0.25, 0.3) is 0 Å². The Balaban J connectivity index is 2.92. The first-order valence-electron chi connectivity index (χ1n) is 5.77. The number of likely N-dealkylation sites (N-methyl/N-ethyl adjacent to an activating group) is 2. The summed E-state index contributed by atoms with van der Waals surface area (Å²) in [7, 11) is 3.06. The molecule has 6 heteroatoms. The zero-order chi connectivity index (χ0) is 14.4. The van der Waals surface area contributed by atoms with Crippen LogP contribution in [0.25, 0.3) is 0 Å². The molecule has 0 radical (unpaired) electrons. The van der Waals surface area contributed by atoms with E-state index in [1.807, 2.05) is 18.2 Å². The zero-order valence-electron chi connectivity index (χ0n) is 10.9. The highest BCUT2D eigenvalue weighted by atomic mass is 32.1. The molecule has 0 fully saturated rings. The minimum Gasteiger partial charge on any atom is -0.392 e. The van der Waals surface area contributed by atoms with Gasteiger partial charge in [0.05, 0.1) is 11.5 Å². The van der Waals surface area contributed by atoms with Gasteiger partial charge in [-0.1, -0.05) is 42.5 Å². The summed E-state index contributed by atoms with van der Waals surface area (Å²) in [4.78, 5) is 25.0. The van der Waals surface area contributed by atoms with Crippen molar-refractivity contribution in [2.24, 2.45) is 5.73 Å². The first-order valence-corrected chi connectivity index (χ1v) is 6.18. The lowest BCUT2D eigenvalue weighted by Gasteiger charge is -2.22. The van der Waals surface area contributed by atoms with Gasteiger partial charge in [0.15, 0.2) is 0 Å². The van der Waals surface area contributed by atoms with Gasteiger partial charge in [-0.05, 0) is 5.56 Å². The topological polar surface area (TPSA) is 75.4 Å². The predicted octanol–water partition coefficient (Wildman–Crippen LogP) is 0.261. The van der Waals surface area contributed by atoms with Crippen LogP contribution in [-0.4, -0.2) is 42.3 Å². The summed E-state index contributed by atoms with van der Waals surface area (Å²) in [6, 6.07) is 9.04. The number of rotatable bonds is 5. The van der Waals surface area contributed by atoms with E-state index in [0.29, 0.717) is 0 Å². The molecular weight excluding hydrogens is 262 g/mol. The Kier molecular flexibility index (Phi) is 5.44. The van der Waals surface area contributed by atoms with Crippen molar-refractivity contribution in [1.29, 1.82) is 0 Å². The number of hydrogen-bond donors (Lipinski definition) is 2. The first-order chi connectivity index (χ1) is 8.97. The number of amides is 2. The highest BCUT2D eigenvalue weighted by Gasteiger charge is 2.27. The number of carbonyl (C=O) groups is 2. The zero-order valence-corrected chi connectivity index (χ0v) is 11.7. The smallest absolute Gasteiger partial charge is 0.239 e. The van der Waals surface area contributed by atoms with Crippen LogP contribution in [0, 0.1) is 0 Å². The summed E-state index contributed by atoms with van der Waals surface area (Å²) in [5.74, 6) is -1.24. The van der Waals surface area contributed by atoms with Gasteiger partial charge in [-0.15, -0.1) is 0 Å². The number of benzene rings is 1. The van der Waals surface area contributed by atoms with Gasteiger partial charge in [0, 0.05) is 14.1 Å². The van der Waals surface area contributed by atoms with Crippen LogP contribution in [0.2, 0.25) is 0 Å². The molecule has 0 heterocycles. The summed E-state index contributed by atoms with van der Waals surface area (Å²) >= 11 is 4.97. The number of carbonyl (C=O) groups excluding carboxylic acids is 2. The third-order valence-corrected chi connectivity index (χ3v) is 2.94. The number of nitrogens with two attached hydrogens (primary N) is 1. The summed E-state index contributed by atoms with van der Waals surface area (Å²) in [5, 5.41) is 2.46. The number of thiocarbonyl (C=S) groups is 1. The standard InChI is InChI=1S/C13H17N3O2S/c1-15-10(17)8-16(2)13(18)11(12(14)19)9-6-4-3-5-7-9/h3-7,11H,8H2,1-2H3,(H2,14,19)(H,15,17). The molecule has 1 aromatic rings. The van der Waals surface area contributed by atoms with E-state index in [-0.39, 0.29) is 23.3 Å². The van der Waals surface area contributed by atoms with Crippen molar-refractivity contribution in [3.05, 3.63) is 35.9 Å². The van der Waals surface area contributed by atoms with Crippen LogP contribution in [0.4, 0.5) is 0 Å². The molecule has 0 spiro atoms. The fourth-order valence-corrected chi connectivity index (χ4v) is 1.90. The molecule has 0 bridgehead atoms. The molecule has 0 saturated carbocycles. The second-order valence-corrected chi connectivity index (χ2v) is 4.58. The second kappa shape index (κ2) is 6.84. The van der Waals surface area contributed by atoms with Crippen LogP contribution in [0.1, 0.15) is 11.5 Å². The fraction of sp³-hybridized carbons (Fsp3) is 0.308. The van der Waals surface area contributed by atoms with E-state index in [2.05, 4.69) is 5.32 Å². The lowest BCUT2D eigenvalue weighted by Crippen LogP contribution is -2.42. The maximum Gasteiger partial charge on any atom is 0.239 e. The molecule has 0 aliphatic heterocycles. The van der Waals surface area contributed by atoms with Crippen molar-refractivity contribution in [2.45, 2.75) is 5.92 Å². The number of hydrogen-bond acceptors (Lipinski definition) is 3. The highest BCUT2D eigenvalue weighted by molar-refractivity contribution is 7.80. The average Bonchev–Trinajstić information content (AvgIpc) is 2.39. The quantitative estimate of drug-likeness (QED) is 0.758. The molecule has 2 amide bonds. The van der Waals surface area contributed by atoms with Crippen molar-refractivity contribution in [2.75, 3.05) is 20.6 Å². The molecule has 0 aromatic heterocycles. The van der Waals surface area contributed by atoms with Crippen LogP contribution in [-0.2, 0) is 9.59 Å². The highest BCUT2D eigenvalue weighted by Crippen LogP contribution is 2.18. The largest absolute Gasteiger partial charge is 0.392 e. The fourth-order valence-electron chi connectivity index (χ4n) is 1.67. The molecule has 1 aromatic carbocycles. The number of nitrogens with one attached hydrogen (secondary N) is 1. The minimum atomic E-state index is -0.703. The molecule has 102 valence electrons. The van der Waals surface area contributed by atoms with E-state index in [9.17, 15) is 9.59 Å². The lowest BCUT2D eigenvalue weighted by molar-refractivity contribution is -0.134. The molecule has 0 aliphatic rings. The normalized spacial score (nSPS) is 11.5. The van der Waals surface area contributed by atoms with E-state index in [1.54, 1.807) is 19.2 Å². The van der Waals surface area contributed by atoms with Crippen LogP contribution >= 0.6 is 12.2 Å². The van der Waals surface area contributed by atoms with Crippen molar-refractivity contribution in [3.8, 4) is 0 Å². The molecule has 19 heavy (non-hydrogen) atoms. The summed E-state index contributed by atoms with van der Waals surface area (Å²) in [6.07, 6.45) is 0. The Morgan fingerprint density at radius 1 is 1.37 bits per heavy atom. The molecule has 0 saturated heterocycles. The van der Waals surface area contributed by atoms with E-state index < -0.39 is 5.92 Å². The van der Waals surface area contributed by atoms with E-state index in [1.165, 1.54) is 11.9 Å². The monoisotopic (exact) mass is 279 g/mol. The molecule has 1 rings (SSSR count). The molecule has 0 aliphatic carbocycles. The van der Waals surface area contributed by atoms with E-state index in [0.717, 1.165) is 5.56 Å². The van der Waals surface area contributed by atoms with Gasteiger partial charge in [0.1, 0.15) is 5.92 Å². The Morgan fingerprint density at radius 3 is 2.42 bits per heavy atom. The van der Waals surface area contributed by atoms with Crippen molar-refractivity contribution in [1.82, 2.24) is 10.2 Å². The molecule has 5 nitrogen and oxygen atoms in total. The predicted molar refractivity (Wildman–Crippen MR) is 77.7 cm³/mol. The second-order valence-electron chi connectivity index (χ2n) is 4.11. The third-order valence-electron chi connectivity index (χ3n) is 2.70. The Bertz CT molecular complexity index is 476. The molecule has 3 N–H and O–H groups in total. The maximum absolute atomic E-state index is 12.3. The summed E-state index contributed by atoms with van der Waals surface area (Å²) in [5.41, 5.74) is 6.38. The first kappa shape index (κ1) is 15.1. The Hall–Kier alpha value is -1.95. The van der Waals surface area contributed by atoms with Crippen molar-refractivity contribution >= 4 is 29.0 Å². The van der Waals surface area contributed by atoms with Gasteiger partial charge in [-0.25, -0.2) is 0 Å². The average molecular weight is 279 g/mol. The Labute approximate surface area is 117 Å². The van der Waals surface area contributed by atoms with E-state index in [4.69, 9.17) is 18.0 Å². The lowest BCUT2D eigenvalue weighted by atomic mass is 9.97. The van der Waals surface area contributed by atoms with Gasteiger partial charge in [-0.2, -0.15) is 0 Å². The van der Waals surface area contributed by atoms with Crippen molar-refractivity contribution < 1.29 is 9.59 Å². The summed E-state index contributed by atoms with van der Waals surface area (Å²) in [6.45, 7) is -0.0265. The van der Waals surface area contributed by atoms with Gasteiger partial charge in [0.2, 0.25) is 11.8 Å².